The maximum Gasteiger partial charge on any atom is 0.341 e. The lowest BCUT2D eigenvalue weighted by molar-refractivity contribution is 0.0601. The van der Waals surface area contributed by atoms with E-state index in [2.05, 4.69) is 24.1 Å². The van der Waals surface area contributed by atoms with Crippen molar-refractivity contribution >= 4 is 50.4 Å². The lowest BCUT2D eigenvalue weighted by Crippen LogP contribution is -2.07. The summed E-state index contributed by atoms with van der Waals surface area (Å²) in [5.74, 6) is 0.492. The molecule has 1 aromatic carbocycles. The van der Waals surface area contributed by atoms with Crippen molar-refractivity contribution in [3.8, 4) is 20.9 Å². The van der Waals surface area contributed by atoms with Crippen molar-refractivity contribution in [2.75, 3.05) is 18.7 Å². The minimum atomic E-state index is -1.03. The minimum Gasteiger partial charge on any atom is -0.465 e. The number of aromatic nitrogens is 2. The maximum absolute atomic E-state index is 12.6. The van der Waals surface area contributed by atoms with E-state index >= 15 is 0 Å². The van der Waals surface area contributed by atoms with Crippen LogP contribution in [0.25, 0.3) is 20.9 Å². The molecule has 3 heterocycles. The number of thiophene rings is 1. The van der Waals surface area contributed by atoms with Gasteiger partial charge < -0.3 is 10.1 Å². The number of esters is 1. The molecule has 1 N–H and O–H groups in total. The van der Waals surface area contributed by atoms with Crippen LogP contribution in [0.2, 0.25) is 0 Å². The van der Waals surface area contributed by atoms with E-state index in [1.54, 1.807) is 29.9 Å². The molecule has 1 atom stereocenters. The maximum atomic E-state index is 12.6. The molecule has 0 aliphatic carbocycles. The minimum absolute atomic E-state index is 0.355. The SMILES string of the molecule is CC.CC.CC.COC(=O)c1cc(-c2cccs2)cnc1Nc1nc(CCC(C)C)c(-c2ccc(S(C)=O)cc2)s1. The van der Waals surface area contributed by atoms with Gasteiger partial charge in [-0.2, -0.15) is 0 Å². The molecular weight excluding hydrogens is 571 g/mol. The van der Waals surface area contributed by atoms with Crippen molar-refractivity contribution in [3.05, 3.63) is 65.3 Å². The number of methoxy groups -OCH3 is 1. The molecule has 0 amide bonds. The molecule has 4 rings (SSSR count). The highest BCUT2D eigenvalue weighted by Gasteiger charge is 2.19. The third-order valence-electron chi connectivity index (χ3n) is 5.43. The quantitative estimate of drug-likeness (QED) is 0.189. The highest BCUT2D eigenvalue weighted by atomic mass is 32.2. The van der Waals surface area contributed by atoms with Crippen LogP contribution in [0, 0.1) is 5.92 Å². The molecule has 0 saturated carbocycles. The number of nitrogens with one attached hydrogen (secondary N) is 1. The Labute approximate surface area is 257 Å². The second kappa shape index (κ2) is 19.3. The lowest BCUT2D eigenvalue weighted by Gasteiger charge is -2.09. The Hall–Kier alpha value is -2.88. The fourth-order valence-corrected chi connectivity index (χ4v) is 5.78. The highest BCUT2D eigenvalue weighted by Crippen LogP contribution is 2.37. The normalized spacial score (nSPS) is 10.7. The number of thiazole rings is 1. The number of ether oxygens (including phenoxy) is 1. The van der Waals surface area contributed by atoms with E-state index in [1.165, 1.54) is 18.4 Å². The van der Waals surface area contributed by atoms with E-state index < -0.39 is 16.8 Å². The Morgan fingerprint density at radius 3 is 2.22 bits per heavy atom. The highest BCUT2D eigenvalue weighted by molar-refractivity contribution is 7.84. The van der Waals surface area contributed by atoms with Crippen LogP contribution in [0.1, 0.15) is 77.9 Å². The number of rotatable bonds is 9. The Kier molecular flexibility index (Phi) is 17.0. The topological polar surface area (TPSA) is 81.2 Å². The van der Waals surface area contributed by atoms with Crippen LogP contribution in [-0.4, -0.2) is 33.5 Å². The van der Waals surface area contributed by atoms with Gasteiger partial charge in [-0.05, 0) is 54.0 Å². The standard InChI is InChI=1S/C26H27N3O3S3.3C2H6/c1-16(2)7-12-21-23(17-8-10-19(11-9-17)35(4)31)34-26(28-21)29-24-20(25(30)32-3)14-18(15-27-24)22-6-5-13-33-22;3*1-2/h5-6,8-11,13-16H,7,12H2,1-4H3,(H,27,28,29);3*1-2H3. The summed E-state index contributed by atoms with van der Waals surface area (Å²) in [6, 6.07) is 13.5. The summed E-state index contributed by atoms with van der Waals surface area (Å²) in [5, 5.41) is 5.90. The summed E-state index contributed by atoms with van der Waals surface area (Å²) in [6.45, 7) is 16.4. The number of anilines is 2. The van der Waals surface area contributed by atoms with E-state index in [9.17, 15) is 9.00 Å². The summed E-state index contributed by atoms with van der Waals surface area (Å²) in [5.41, 5.74) is 3.23. The molecule has 0 bridgehead atoms. The van der Waals surface area contributed by atoms with Gasteiger partial charge >= 0.3 is 5.97 Å². The molecule has 6 nitrogen and oxygen atoms in total. The molecule has 0 saturated heterocycles. The molecule has 0 aliphatic rings. The average molecular weight is 616 g/mol. The fraction of sp³-hybridized carbons (Fsp3) is 0.406. The number of carbonyl (C=O) groups is 1. The summed E-state index contributed by atoms with van der Waals surface area (Å²) in [6.07, 6.45) is 5.27. The predicted molar refractivity (Wildman–Crippen MR) is 179 cm³/mol. The molecule has 0 radical (unpaired) electrons. The van der Waals surface area contributed by atoms with E-state index in [1.807, 2.05) is 83.3 Å². The first-order valence-electron chi connectivity index (χ1n) is 14.2. The number of benzene rings is 1. The number of pyridine rings is 1. The molecule has 9 heteroatoms. The van der Waals surface area contributed by atoms with Gasteiger partial charge in [0.25, 0.3) is 0 Å². The number of hydrogen-bond donors (Lipinski definition) is 1. The molecule has 0 aliphatic heterocycles. The smallest absolute Gasteiger partial charge is 0.341 e. The zero-order chi connectivity index (χ0) is 30.9. The van der Waals surface area contributed by atoms with Gasteiger partial charge in [-0.3, -0.25) is 4.21 Å². The Bertz CT molecular complexity index is 1330. The van der Waals surface area contributed by atoms with E-state index in [0.29, 0.717) is 22.4 Å². The van der Waals surface area contributed by atoms with Gasteiger partial charge in [-0.15, -0.1) is 11.3 Å². The summed E-state index contributed by atoms with van der Waals surface area (Å²) in [4.78, 5) is 24.8. The van der Waals surface area contributed by atoms with Gasteiger partial charge in [0.05, 0.1) is 17.7 Å². The van der Waals surface area contributed by atoms with Crippen LogP contribution in [0.5, 0.6) is 0 Å². The number of carbonyl (C=O) groups excluding carboxylic acids is 1. The van der Waals surface area contributed by atoms with Crippen LogP contribution >= 0.6 is 22.7 Å². The van der Waals surface area contributed by atoms with Gasteiger partial charge in [-0.1, -0.05) is 84.9 Å². The van der Waals surface area contributed by atoms with Gasteiger partial charge in [-0.25, -0.2) is 14.8 Å². The zero-order valence-electron chi connectivity index (χ0n) is 26.0. The van der Waals surface area contributed by atoms with E-state index in [-0.39, 0.29) is 0 Å². The Balaban J connectivity index is 0.00000131. The Morgan fingerprint density at radius 1 is 1.02 bits per heavy atom. The first kappa shape index (κ1) is 36.1. The van der Waals surface area contributed by atoms with Gasteiger partial charge in [0.15, 0.2) is 5.13 Å². The predicted octanol–water partition coefficient (Wildman–Crippen LogP) is 9.87. The molecular formula is C32H45N3O3S3. The molecule has 0 spiro atoms. The molecule has 224 valence electrons. The van der Waals surface area contributed by atoms with Crippen molar-refractivity contribution in [2.45, 2.75) is 73.1 Å². The third-order valence-corrected chi connectivity index (χ3v) is 8.35. The summed E-state index contributed by atoms with van der Waals surface area (Å²) in [7, 11) is 0.336. The number of hydrogen-bond acceptors (Lipinski definition) is 8. The van der Waals surface area contributed by atoms with Crippen molar-refractivity contribution < 1.29 is 13.7 Å². The van der Waals surface area contributed by atoms with Crippen LogP contribution in [0.4, 0.5) is 10.9 Å². The van der Waals surface area contributed by atoms with Crippen LogP contribution in [0.15, 0.2) is 58.9 Å². The number of nitrogens with zero attached hydrogens (tertiary/aromatic N) is 2. The molecule has 4 aromatic rings. The average Bonchev–Trinajstić information content (AvgIpc) is 3.70. The molecule has 0 fully saturated rings. The number of aryl methyl sites for hydroxylation is 1. The zero-order valence-corrected chi connectivity index (χ0v) is 28.5. The first-order valence-corrected chi connectivity index (χ1v) is 17.4. The fourth-order valence-electron chi connectivity index (χ4n) is 3.53. The van der Waals surface area contributed by atoms with Gasteiger partial charge in [0.1, 0.15) is 11.4 Å². The van der Waals surface area contributed by atoms with Crippen molar-refractivity contribution in [3.63, 3.8) is 0 Å². The molecule has 1 unspecified atom stereocenters. The van der Waals surface area contributed by atoms with Crippen LogP contribution in [-0.2, 0) is 22.0 Å². The summed E-state index contributed by atoms with van der Waals surface area (Å²) >= 11 is 3.10. The van der Waals surface area contributed by atoms with Gasteiger partial charge in [0.2, 0.25) is 0 Å². The molecule has 3 aromatic heterocycles. The van der Waals surface area contributed by atoms with Crippen LogP contribution < -0.4 is 5.32 Å². The van der Waals surface area contributed by atoms with E-state index in [4.69, 9.17) is 9.72 Å². The summed E-state index contributed by atoms with van der Waals surface area (Å²) < 4.78 is 16.8. The molecule has 41 heavy (non-hydrogen) atoms. The Morgan fingerprint density at radius 2 is 1.68 bits per heavy atom. The second-order valence-electron chi connectivity index (χ2n) is 8.42. The van der Waals surface area contributed by atoms with Gasteiger partial charge in [0, 0.05) is 38.6 Å². The first-order chi connectivity index (χ1) is 19.9. The van der Waals surface area contributed by atoms with Crippen molar-refractivity contribution in [2.24, 2.45) is 5.92 Å². The third kappa shape index (κ3) is 10.5. The van der Waals surface area contributed by atoms with E-state index in [0.717, 1.165) is 44.3 Å². The monoisotopic (exact) mass is 615 g/mol. The van der Waals surface area contributed by atoms with Crippen LogP contribution in [0.3, 0.4) is 0 Å². The lowest BCUT2D eigenvalue weighted by atomic mass is 10.0. The van der Waals surface area contributed by atoms with Crippen molar-refractivity contribution in [1.29, 1.82) is 0 Å². The van der Waals surface area contributed by atoms with Crippen molar-refractivity contribution in [1.82, 2.24) is 9.97 Å². The second-order valence-corrected chi connectivity index (χ2v) is 11.7. The largest absolute Gasteiger partial charge is 0.465 e.